The molecule has 1 aromatic heterocycles. The number of aliphatic carboxylic acids is 1. The number of hydrogen-bond acceptors (Lipinski definition) is 3. The lowest BCUT2D eigenvalue weighted by molar-refractivity contribution is -0.143. The number of carbonyl (C=O) groups is 2. The number of rotatable bonds is 6. The van der Waals surface area contributed by atoms with Crippen LogP contribution in [0.3, 0.4) is 0 Å². The molecule has 17 heavy (non-hydrogen) atoms. The van der Waals surface area contributed by atoms with Gasteiger partial charge >= 0.3 is 5.97 Å². The summed E-state index contributed by atoms with van der Waals surface area (Å²) in [4.78, 5) is 27.6. The molecule has 0 aliphatic carbocycles. The number of carboxylic acids is 1. The Bertz CT molecular complexity index is 403. The number of amides is 1. The average Bonchev–Trinajstić information content (AvgIpc) is 2.29. The zero-order valence-electron chi connectivity index (χ0n) is 9.37. The molecular formula is C12H14N2O3. The average molecular weight is 234 g/mol. The van der Waals surface area contributed by atoms with Crippen molar-refractivity contribution < 1.29 is 14.7 Å². The van der Waals surface area contributed by atoms with E-state index in [1.165, 1.54) is 11.0 Å². The highest BCUT2D eigenvalue weighted by molar-refractivity contribution is 5.83. The van der Waals surface area contributed by atoms with Gasteiger partial charge in [0.25, 0.3) is 0 Å². The molecule has 5 heteroatoms. The number of carboxylic acid groups (broad SMARTS) is 1. The third-order valence-corrected chi connectivity index (χ3v) is 2.11. The summed E-state index contributed by atoms with van der Waals surface area (Å²) < 4.78 is 0. The van der Waals surface area contributed by atoms with Gasteiger partial charge in [-0.05, 0) is 11.6 Å². The standard InChI is InChI=1S/C12H14N2O3/c1-2-6-14(9-12(16)17)11(15)7-10-4-3-5-13-8-10/h2-5,8H,1,6-7,9H2,(H,16,17). The molecule has 0 aromatic carbocycles. The van der Waals surface area contributed by atoms with E-state index < -0.39 is 5.97 Å². The maximum Gasteiger partial charge on any atom is 0.323 e. The minimum atomic E-state index is -1.04. The monoisotopic (exact) mass is 234 g/mol. The van der Waals surface area contributed by atoms with Gasteiger partial charge in [0.05, 0.1) is 6.42 Å². The fraction of sp³-hybridized carbons (Fsp3) is 0.250. The normalized spacial score (nSPS) is 9.65. The third kappa shape index (κ3) is 4.46. The largest absolute Gasteiger partial charge is 0.480 e. The van der Waals surface area contributed by atoms with Crippen LogP contribution in [0.4, 0.5) is 0 Å². The topological polar surface area (TPSA) is 70.5 Å². The summed E-state index contributed by atoms with van der Waals surface area (Å²) in [7, 11) is 0. The molecule has 0 aliphatic rings. The Hall–Kier alpha value is -2.17. The van der Waals surface area contributed by atoms with Gasteiger partial charge in [0.2, 0.25) is 5.91 Å². The Balaban J connectivity index is 2.65. The summed E-state index contributed by atoms with van der Waals surface area (Å²) >= 11 is 0. The zero-order valence-corrected chi connectivity index (χ0v) is 9.37. The van der Waals surface area contributed by atoms with Crippen LogP contribution in [0.5, 0.6) is 0 Å². The van der Waals surface area contributed by atoms with E-state index in [2.05, 4.69) is 11.6 Å². The molecule has 1 N–H and O–H groups in total. The second kappa shape index (κ2) is 6.42. The summed E-state index contributed by atoms with van der Waals surface area (Å²) in [5.74, 6) is -1.29. The maximum absolute atomic E-state index is 11.8. The summed E-state index contributed by atoms with van der Waals surface area (Å²) in [6, 6.07) is 3.51. The van der Waals surface area contributed by atoms with Crippen LogP contribution in [-0.2, 0) is 16.0 Å². The lowest BCUT2D eigenvalue weighted by Crippen LogP contribution is -2.36. The van der Waals surface area contributed by atoms with Crippen LogP contribution < -0.4 is 0 Å². The first-order valence-corrected chi connectivity index (χ1v) is 5.13. The predicted molar refractivity (Wildman–Crippen MR) is 62.4 cm³/mol. The molecule has 0 aliphatic heterocycles. The van der Waals surface area contributed by atoms with E-state index in [1.54, 1.807) is 24.5 Å². The van der Waals surface area contributed by atoms with Gasteiger partial charge in [-0.15, -0.1) is 6.58 Å². The van der Waals surface area contributed by atoms with Crippen molar-refractivity contribution in [2.24, 2.45) is 0 Å². The van der Waals surface area contributed by atoms with Crippen molar-refractivity contribution in [1.29, 1.82) is 0 Å². The van der Waals surface area contributed by atoms with Gasteiger partial charge in [-0.2, -0.15) is 0 Å². The van der Waals surface area contributed by atoms with E-state index in [0.29, 0.717) is 0 Å². The summed E-state index contributed by atoms with van der Waals surface area (Å²) in [6.07, 6.45) is 4.86. The van der Waals surface area contributed by atoms with Crippen LogP contribution in [0.2, 0.25) is 0 Å². The van der Waals surface area contributed by atoms with E-state index in [-0.39, 0.29) is 25.4 Å². The van der Waals surface area contributed by atoms with Gasteiger partial charge in [0.1, 0.15) is 6.54 Å². The molecule has 1 aromatic rings. The Morgan fingerprint density at radius 1 is 1.53 bits per heavy atom. The number of pyridine rings is 1. The van der Waals surface area contributed by atoms with Crippen LogP contribution in [0.25, 0.3) is 0 Å². The molecule has 5 nitrogen and oxygen atoms in total. The molecule has 0 radical (unpaired) electrons. The highest BCUT2D eigenvalue weighted by Gasteiger charge is 2.15. The van der Waals surface area contributed by atoms with E-state index in [4.69, 9.17) is 5.11 Å². The van der Waals surface area contributed by atoms with Gasteiger partial charge in [-0.3, -0.25) is 14.6 Å². The van der Waals surface area contributed by atoms with Crippen molar-refractivity contribution in [3.63, 3.8) is 0 Å². The number of carbonyl (C=O) groups excluding carboxylic acids is 1. The lowest BCUT2D eigenvalue weighted by Gasteiger charge is -2.18. The highest BCUT2D eigenvalue weighted by Crippen LogP contribution is 2.01. The molecule has 1 amide bonds. The molecule has 0 saturated carbocycles. The fourth-order valence-corrected chi connectivity index (χ4v) is 1.36. The minimum Gasteiger partial charge on any atom is -0.480 e. The molecule has 1 heterocycles. The predicted octanol–water partition coefficient (Wildman–Crippen LogP) is 0.723. The molecular weight excluding hydrogens is 220 g/mol. The van der Waals surface area contributed by atoms with Crippen molar-refractivity contribution in [2.75, 3.05) is 13.1 Å². The van der Waals surface area contributed by atoms with Crippen molar-refractivity contribution in [3.8, 4) is 0 Å². The Kier molecular flexibility index (Phi) is 4.87. The summed E-state index contributed by atoms with van der Waals surface area (Å²) in [5, 5.41) is 8.68. The Morgan fingerprint density at radius 2 is 2.29 bits per heavy atom. The van der Waals surface area contributed by atoms with E-state index >= 15 is 0 Å². The second-order valence-corrected chi connectivity index (χ2v) is 3.49. The van der Waals surface area contributed by atoms with Crippen LogP contribution in [0.15, 0.2) is 37.2 Å². The number of hydrogen-bond donors (Lipinski definition) is 1. The van der Waals surface area contributed by atoms with Gasteiger partial charge < -0.3 is 10.0 Å². The van der Waals surface area contributed by atoms with Crippen LogP contribution in [-0.4, -0.2) is 40.0 Å². The van der Waals surface area contributed by atoms with Gasteiger partial charge in [0.15, 0.2) is 0 Å². The second-order valence-electron chi connectivity index (χ2n) is 3.49. The summed E-state index contributed by atoms with van der Waals surface area (Å²) in [5.41, 5.74) is 0.761. The molecule has 0 atom stereocenters. The lowest BCUT2D eigenvalue weighted by atomic mass is 10.2. The molecule has 90 valence electrons. The van der Waals surface area contributed by atoms with Crippen LogP contribution in [0.1, 0.15) is 5.56 Å². The van der Waals surface area contributed by atoms with Crippen molar-refractivity contribution in [3.05, 3.63) is 42.7 Å². The van der Waals surface area contributed by atoms with E-state index in [1.807, 2.05) is 0 Å². The minimum absolute atomic E-state index is 0.148. The zero-order chi connectivity index (χ0) is 12.7. The molecule has 0 saturated heterocycles. The maximum atomic E-state index is 11.8. The smallest absolute Gasteiger partial charge is 0.323 e. The first-order valence-electron chi connectivity index (χ1n) is 5.13. The molecule has 0 bridgehead atoms. The highest BCUT2D eigenvalue weighted by atomic mass is 16.4. The van der Waals surface area contributed by atoms with Gasteiger partial charge in [-0.1, -0.05) is 12.1 Å². The van der Waals surface area contributed by atoms with Crippen molar-refractivity contribution >= 4 is 11.9 Å². The summed E-state index contributed by atoms with van der Waals surface area (Å²) in [6.45, 7) is 3.41. The first-order chi connectivity index (χ1) is 8.13. The third-order valence-electron chi connectivity index (χ3n) is 2.11. The number of nitrogens with zero attached hydrogens (tertiary/aromatic N) is 2. The van der Waals surface area contributed by atoms with Gasteiger partial charge in [-0.25, -0.2) is 0 Å². The van der Waals surface area contributed by atoms with Crippen molar-refractivity contribution in [2.45, 2.75) is 6.42 Å². The van der Waals surface area contributed by atoms with Crippen molar-refractivity contribution in [1.82, 2.24) is 9.88 Å². The quantitative estimate of drug-likeness (QED) is 0.736. The molecule has 0 unspecified atom stereocenters. The van der Waals surface area contributed by atoms with Crippen LogP contribution in [0, 0.1) is 0 Å². The molecule has 1 rings (SSSR count). The first kappa shape index (κ1) is 12.9. The Labute approximate surface area is 99.4 Å². The van der Waals surface area contributed by atoms with Crippen LogP contribution >= 0.6 is 0 Å². The molecule has 0 spiro atoms. The van der Waals surface area contributed by atoms with Gasteiger partial charge in [0, 0.05) is 18.9 Å². The van der Waals surface area contributed by atoms with E-state index in [9.17, 15) is 9.59 Å². The number of aromatic nitrogens is 1. The SMILES string of the molecule is C=CCN(CC(=O)O)C(=O)Cc1cccnc1. The fourth-order valence-electron chi connectivity index (χ4n) is 1.36. The van der Waals surface area contributed by atoms with E-state index in [0.717, 1.165) is 5.56 Å². The molecule has 0 fully saturated rings. The Morgan fingerprint density at radius 3 is 2.82 bits per heavy atom.